The van der Waals surface area contributed by atoms with E-state index in [0.29, 0.717) is 0 Å². The Morgan fingerprint density at radius 2 is 1.75 bits per heavy atom. The van der Waals surface area contributed by atoms with Crippen molar-refractivity contribution in [1.82, 2.24) is 0 Å². The summed E-state index contributed by atoms with van der Waals surface area (Å²) in [6.45, 7) is 3.74. The van der Waals surface area contributed by atoms with Crippen molar-refractivity contribution in [2.45, 2.75) is 19.9 Å². The number of aliphatic carboxylic acids is 1. The highest BCUT2D eigenvalue weighted by Gasteiger charge is 2.26. The normalized spacial score (nSPS) is 12.5. The lowest BCUT2D eigenvalue weighted by Gasteiger charge is -2.29. The topological polar surface area (TPSA) is 60.8 Å². The summed E-state index contributed by atoms with van der Waals surface area (Å²) in [6.07, 6.45) is 0. The summed E-state index contributed by atoms with van der Waals surface area (Å²) in [5.41, 5.74) is 0.777. The lowest BCUT2D eigenvalue weighted by atomic mass is 10.0. The zero-order valence-corrected chi connectivity index (χ0v) is 9.71. The molecule has 0 bridgehead atoms. The molecule has 4 nitrogen and oxygen atoms in total. The van der Waals surface area contributed by atoms with Gasteiger partial charge in [0.25, 0.3) is 0 Å². The van der Waals surface area contributed by atoms with Crippen molar-refractivity contribution >= 4 is 11.7 Å². The number of carboxylic acids is 1. The molecule has 0 aliphatic heterocycles. The molecule has 0 saturated heterocycles. The molecule has 0 aliphatic rings. The van der Waals surface area contributed by atoms with Crippen LogP contribution in [-0.4, -0.2) is 29.3 Å². The number of carboxylic acid groups (broad SMARTS) is 1. The summed E-state index contributed by atoms with van der Waals surface area (Å²) in [6, 6.07) is 5.93. The Balaban J connectivity index is 2.94. The van der Waals surface area contributed by atoms with E-state index in [4.69, 9.17) is 10.2 Å². The van der Waals surface area contributed by atoms with Gasteiger partial charge in [-0.3, -0.25) is 0 Å². The van der Waals surface area contributed by atoms with Crippen molar-refractivity contribution in [2.24, 2.45) is 5.92 Å². The van der Waals surface area contributed by atoms with Gasteiger partial charge in [-0.05, 0) is 30.2 Å². The van der Waals surface area contributed by atoms with Crippen molar-refractivity contribution in [1.29, 1.82) is 0 Å². The Hall–Kier alpha value is -1.71. The number of phenolic OH excluding ortho intramolecular Hbond substituents is 1. The van der Waals surface area contributed by atoms with Gasteiger partial charge in [0, 0.05) is 12.7 Å². The van der Waals surface area contributed by atoms with Crippen LogP contribution in [0.1, 0.15) is 13.8 Å². The van der Waals surface area contributed by atoms with Crippen molar-refractivity contribution in [3.8, 4) is 5.75 Å². The third-order valence-corrected chi connectivity index (χ3v) is 2.56. The predicted molar refractivity (Wildman–Crippen MR) is 62.8 cm³/mol. The number of benzene rings is 1. The number of rotatable bonds is 4. The van der Waals surface area contributed by atoms with E-state index < -0.39 is 12.0 Å². The first-order chi connectivity index (χ1) is 7.43. The maximum Gasteiger partial charge on any atom is 0.326 e. The quantitative estimate of drug-likeness (QED) is 0.818. The van der Waals surface area contributed by atoms with Crippen molar-refractivity contribution in [3.63, 3.8) is 0 Å². The summed E-state index contributed by atoms with van der Waals surface area (Å²) >= 11 is 0. The predicted octanol–water partition coefficient (Wildman–Crippen LogP) is 1.94. The largest absolute Gasteiger partial charge is 0.508 e. The van der Waals surface area contributed by atoms with E-state index in [-0.39, 0.29) is 11.7 Å². The molecular formula is C12H17NO3. The molecule has 1 aromatic carbocycles. The minimum Gasteiger partial charge on any atom is -0.508 e. The third kappa shape index (κ3) is 2.66. The summed E-state index contributed by atoms with van der Waals surface area (Å²) in [4.78, 5) is 12.8. The van der Waals surface area contributed by atoms with E-state index in [1.807, 2.05) is 13.8 Å². The highest BCUT2D eigenvalue weighted by molar-refractivity contribution is 5.78. The molecule has 88 valence electrons. The second kappa shape index (κ2) is 4.88. The number of nitrogens with zero attached hydrogens (tertiary/aromatic N) is 1. The van der Waals surface area contributed by atoms with Crippen LogP contribution in [0, 0.1) is 5.92 Å². The van der Waals surface area contributed by atoms with E-state index in [2.05, 4.69) is 0 Å². The molecule has 1 aromatic rings. The van der Waals surface area contributed by atoms with Crippen molar-refractivity contribution in [2.75, 3.05) is 11.9 Å². The van der Waals surface area contributed by atoms with Gasteiger partial charge in [0.2, 0.25) is 0 Å². The molecule has 2 N–H and O–H groups in total. The lowest BCUT2D eigenvalue weighted by molar-refractivity contribution is -0.139. The fraction of sp³-hybridized carbons (Fsp3) is 0.417. The van der Waals surface area contributed by atoms with Crippen LogP contribution in [0.25, 0.3) is 0 Å². The number of phenols is 1. The molecule has 0 heterocycles. The molecule has 0 unspecified atom stereocenters. The van der Waals surface area contributed by atoms with Crippen LogP contribution in [0.4, 0.5) is 5.69 Å². The van der Waals surface area contributed by atoms with E-state index >= 15 is 0 Å². The second-order valence-electron chi connectivity index (χ2n) is 4.15. The molecule has 0 aliphatic carbocycles. The molecular weight excluding hydrogens is 206 g/mol. The smallest absolute Gasteiger partial charge is 0.326 e. The first-order valence-corrected chi connectivity index (χ1v) is 5.18. The maximum absolute atomic E-state index is 11.1. The molecule has 0 spiro atoms. The van der Waals surface area contributed by atoms with Gasteiger partial charge < -0.3 is 15.1 Å². The molecule has 1 rings (SSSR count). The Kier molecular flexibility index (Phi) is 3.77. The highest BCUT2D eigenvalue weighted by atomic mass is 16.4. The number of likely N-dealkylation sites (N-methyl/N-ethyl adjacent to an activating group) is 1. The average molecular weight is 223 g/mol. The Morgan fingerprint density at radius 1 is 1.25 bits per heavy atom. The summed E-state index contributed by atoms with van der Waals surface area (Å²) in [5.74, 6) is -0.657. The summed E-state index contributed by atoms with van der Waals surface area (Å²) in [5, 5.41) is 18.3. The first kappa shape index (κ1) is 12.4. The molecule has 0 aromatic heterocycles. The maximum atomic E-state index is 11.1. The SMILES string of the molecule is CC(C)[C@@H](C(=O)O)N(C)c1ccc(O)cc1. The monoisotopic (exact) mass is 223 g/mol. The van der Waals surface area contributed by atoms with E-state index in [1.54, 1.807) is 36.2 Å². The Bertz CT molecular complexity index is 359. The van der Waals surface area contributed by atoms with Crippen molar-refractivity contribution < 1.29 is 15.0 Å². The molecule has 4 heteroatoms. The first-order valence-electron chi connectivity index (χ1n) is 5.18. The van der Waals surface area contributed by atoms with Gasteiger partial charge >= 0.3 is 5.97 Å². The van der Waals surface area contributed by atoms with Crippen molar-refractivity contribution in [3.05, 3.63) is 24.3 Å². The van der Waals surface area contributed by atoms with Gasteiger partial charge in [0.05, 0.1) is 0 Å². The third-order valence-electron chi connectivity index (χ3n) is 2.56. The minimum atomic E-state index is -0.842. The summed E-state index contributed by atoms with van der Waals surface area (Å²) < 4.78 is 0. The van der Waals surface area contributed by atoms with Crippen LogP contribution in [0.15, 0.2) is 24.3 Å². The molecule has 0 amide bonds. The molecule has 0 radical (unpaired) electrons. The molecule has 0 fully saturated rings. The van der Waals surface area contributed by atoms with Gasteiger partial charge in [-0.2, -0.15) is 0 Å². The van der Waals surface area contributed by atoms with Crippen LogP contribution in [-0.2, 0) is 4.79 Å². The van der Waals surface area contributed by atoms with Crippen LogP contribution in [0.3, 0.4) is 0 Å². The number of carbonyl (C=O) groups is 1. The van der Waals surface area contributed by atoms with E-state index in [9.17, 15) is 4.79 Å². The van der Waals surface area contributed by atoms with Crippen LogP contribution in [0.2, 0.25) is 0 Å². The Morgan fingerprint density at radius 3 is 2.12 bits per heavy atom. The van der Waals surface area contributed by atoms with Crippen LogP contribution < -0.4 is 4.90 Å². The molecule has 16 heavy (non-hydrogen) atoms. The fourth-order valence-electron chi connectivity index (χ4n) is 1.75. The lowest BCUT2D eigenvalue weighted by Crippen LogP contribution is -2.42. The zero-order chi connectivity index (χ0) is 12.3. The van der Waals surface area contributed by atoms with E-state index in [0.717, 1.165) is 5.69 Å². The number of hydrogen-bond donors (Lipinski definition) is 2. The fourth-order valence-corrected chi connectivity index (χ4v) is 1.75. The van der Waals surface area contributed by atoms with Gasteiger partial charge in [0.15, 0.2) is 0 Å². The molecule has 1 atom stereocenters. The van der Waals surface area contributed by atoms with Crippen LogP contribution >= 0.6 is 0 Å². The van der Waals surface area contributed by atoms with Crippen LogP contribution in [0.5, 0.6) is 5.75 Å². The van der Waals surface area contributed by atoms with Gasteiger partial charge in [-0.15, -0.1) is 0 Å². The number of aromatic hydroxyl groups is 1. The molecule has 0 saturated carbocycles. The Labute approximate surface area is 95.1 Å². The van der Waals surface area contributed by atoms with Gasteiger partial charge in [0.1, 0.15) is 11.8 Å². The van der Waals surface area contributed by atoms with Gasteiger partial charge in [-0.1, -0.05) is 13.8 Å². The minimum absolute atomic E-state index is 0.0105. The number of anilines is 1. The zero-order valence-electron chi connectivity index (χ0n) is 9.71. The van der Waals surface area contributed by atoms with E-state index in [1.165, 1.54) is 0 Å². The standard InChI is InChI=1S/C12H17NO3/c1-8(2)11(12(15)16)13(3)9-4-6-10(14)7-5-9/h4-8,11,14H,1-3H3,(H,15,16)/t11-/m0/s1. The average Bonchev–Trinajstić information content (AvgIpc) is 2.17. The number of hydrogen-bond acceptors (Lipinski definition) is 3. The second-order valence-corrected chi connectivity index (χ2v) is 4.15. The van der Waals surface area contributed by atoms with Gasteiger partial charge in [-0.25, -0.2) is 4.79 Å². The summed E-state index contributed by atoms with van der Waals surface area (Å²) in [7, 11) is 1.74. The highest BCUT2D eigenvalue weighted by Crippen LogP contribution is 2.21.